The number of aromatic nitrogens is 4. The summed E-state index contributed by atoms with van der Waals surface area (Å²) in [6.07, 6.45) is 8.23. The van der Waals surface area contributed by atoms with E-state index in [1.165, 1.54) is 13.5 Å². The number of imidazole rings is 2. The Morgan fingerprint density at radius 1 is 0.897 bits per heavy atom. The third-order valence-corrected chi connectivity index (χ3v) is 7.78. The summed E-state index contributed by atoms with van der Waals surface area (Å²) in [5, 5.41) is 10.3. The molecule has 202 valence electrons. The van der Waals surface area contributed by atoms with E-state index < -0.39 is 0 Å². The Hall–Kier alpha value is -3.79. The second kappa shape index (κ2) is 11.1. The van der Waals surface area contributed by atoms with Gasteiger partial charge in [0.2, 0.25) is 0 Å². The van der Waals surface area contributed by atoms with E-state index in [1.54, 1.807) is 0 Å². The van der Waals surface area contributed by atoms with Gasteiger partial charge in [-0.2, -0.15) is 0 Å². The van der Waals surface area contributed by atoms with Crippen LogP contribution in [0.4, 0.5) is 0 Å². The summed E-state index contributed by atoms with van der Waals surface area (Å²) in [4.78, 5) is 29.2. The van der Waals surface area contributed by atoms with Gasteiger partial charge in [-0.1, -0.05) is 24.3 Å². The van der Waals surface area contributed by atoms with Crippen LogP contribution in [0.25, 0.3) is 33.6 Å². The Balaban J connectivity index is 1.35. The fourth-order valence-corrected chi connectivity index (χ4v) is 5.74. The van der Waals surface area contributed by atoms with Gasteiger partial charge in [0.05, 0.1) is 48.5 Å². The standard InChI is InChI=1S/C30H35N7O2/c1-31-15-20-13-18(26-16-34-28(36-26)24-5-3-11-32-24)7-9-21(20)22-10-8-19(14-23(22)30(38)39-2)27-17-35-29(37-27)25-6-4-12-33-25/h7-10,13-14,16-17,24-25,31-33H,3-6,11-12,15H2,1-2H3,(H,34,36)(H,35,37). The highest BCUT2D eigenvalue weighted by molar-refractivity contribution is 5.99. The van der Waals surface area contributed by atoms with Gasteiger partial charge in [0.25, 0.3) is 0 Å². The van der Waals surface area contributed by atoms with Gasteiger partial charge < -0.3 is 30.7 Å². The largest absolute Gasteiger partial charge is 0.465 e. The molecule has 9 nitrogen and oxygen atoms in total. The number of H-pyrrole nitrogens is 2. The molecule has 2 aliphatic rings. The van der Waals surface area contributed by atoms with Gasteiger partial charge in [-0.3, -0.25) is 0 Å². The Labute approximate surface area is 228 Å². The number of benzene rings is 2. The Morgan fingerprint density at radius 2 is 1.49 bits per heavy atom. The summed E-state index contributed by atoms with van der Waals surface area (Å²) >= 11 is 0. The van der Waals surface area contributed by atoms with Gasteiger partial charge in [-0.25, -0.2) is 14.8 Å². The Kier molecular flexibility index (Phi) is 7.28. The predicted molar refractivity (Wildman–Crippen MR) is 151 cm³/mol. The van der Waals surface area contributed by atoms with E-state index in [0.29, 0.717) is 12.1 Å². The van der Waals surface area contributed by atoms with E-state index in [0.717, 1.165) is 83.2 Å². The van der Waals surface area contributed by atoms with Crippen molar-refractivity contribution in [2.24, 2.45) is 0 Å². The predicted octanol–water partition coefficient (Wildman–Crippen LogP) is 4.49. The number of esters is 1. The van der Waals surface area contributed by atoms with Crippen LogP contribution in [0.1, 0.15) is 65.3 Å². The lowest BCUT2D eigenvalue weighted by atomic mass is 9.91. The molecule has 0 radical (unpaired) electrons. The van der Waals surface area contributed by atoms with Gasteiger partial charge in [0.15, 0.2) is 0 Å². The van der Waals surface area contributed by atoms with Crippen LogP contribution in [0.2, 0.25) is 0 Å². The van der Waals surface area contributed by atoms with Crippen molar-refractivity contribution in [3.8, 4) is 33.6 Å². The van der Waals surface area contributed by atoms with Crippen LogP contribution in [-0.4, -0.2) is 53.2 Å². The molecule has 2 aliphatic heterocycles. The minimum atomic E-state index is -0.370. The smallest absolute Gasteiger partial charge is 0.338 e. The van der Waals surface area contributed by atoms with E-state index in [4.69, 9.17) is 4.74 Å². The maximum atomic E-state index is 13.0. The molecule has 2 aromatic heterocycles. The lowest BCUT2D eigenvalue weighted by molar-refractivity contribution is 0.0601. The maximum Gasteiger partial charge on any atom is 0.338 e. The average Bonchev–Trinajstić information content (AvgIpc) is 3.78. The molecule has 39 heavy (non-hydrogen) atoms. The van der Waals surface area contributed by atoms with Crippen molar-refractivity contribution in [1.29, 1.82) is 0 Å². The summed E-state index contributed by atoms with van der Waals surface area (Å²) in [5.74, 6) is 1.55. The van der Waals surface area contributed by atoms with Crippen molar-refractivity contribution in [1.82, 2.24) is 35.9 Å². The quantitative estimate of drug-likeness (QED) is 0.215. The molecule has 0 bridgehead atoms. The molecular formula is C30H35N7O2. The Bertz CT molecular complexity index is 1460. The summed E-state index contributed by atoms with van der Waals surface area (Å²) in [6.45, 7) is 2.69. The Morgan fingerprint density at radius 3 is 2.03 bits per heavy atom. The van der Waals surface area contributed by atoms with Gasteiger partial charge in [-0.05, 0) is 80.2 Å². The molecule has 4 aromatic rings. The molecule has 4 heterocycles. The van der Waals surface area contributed by atoms with E-state index in [1.807, 2.05) is 37.6 Å². The first-order valence-electron chi connectivity index (χ1n) is 13.7. The van der Waals surface area contributed by atoms with Crippen LogP contribution >= 0.6 is 0 Å². The zero-order chi connectivity index (χ0) is 26.8. The lowest BCUT2D eigenvalue weighted by Gasteiger charge is -2.15. The molecule has 6 rings (SSSR count). The van der Waals surface area contributed by atoms with Crippen LogP contribution in [-0.2, 0) is 11.3 Å². The maximum absolute atomic E-state index is 13.0. The summed E-state index contributed by atoms with van der Waals surface area (Å²) < 4.78 is 5.21. The molecule has 0 aliphatic carbocycles. The van der Waals surface area contributed by atoms with Gasteiger partial charge in [0, 0.05) is 12.1 Å². The molecule has 2 atom stereocenters. The molecule has 2 aromatic carbocycles. The molecule has 0 amide bonds. The monoisotopic (exact) mass is 525 g/mol. The highest BCUT2D eigenvalue weighted by Gasteiger charge is 2.22. The number of ether oxygens (including phenoxy) is 1. The van der Waals surface area contributed by atoms with Crippen LogP contribution in [0.5, 0.6) is 0 Å². The lowest BCUT2D eigenvalue weighted by Crippen LogP contribution is -2.14. The molecule has 0 spiro atoms. The van der Waals surface area contributed by atoms with E-state index >= 15 is 0 Å². The van der Waals surface area contributed by atoms with Crippen LogP contribution in [0.15, 0.2) is 48.8 Å². The molecule has 0 saturated carbocycles. The number of methoxy groups -OCH3 is 1. The topological polar surface area (TPSA) is 120 Å². The van der Waals surface area contributed by atoms with E-state index in [-0.39, 0.29) is 18.1 Å². The fraction of sp³-hybridized carbons (Fsp3) is 0.367. The minimum absolute atomic E-state index is 0.251. The fourth-order valence-electron chi connectivity index (χ4n) is 5.74. The number of carbonyl (C=O) groups excluding carboxylic acids is 1. The van der Waals surface area contributed by atoms with Crippen LogP contribution in [0.3, 0.4) is 0 Å². The second-order valence-electron chi connectivity index (χ2n) is 10.3. The highest BCUT2D eigenvalue weighted by Crippen LogP contribution is 2.34. The molecule has 2 fully saturated rings. The van der Waals surface area contributed by atoms with Crippen molar-refractivity contribution >= 4 is 5.97 Å². The zero-order valence-electron chi connectivity index (χ0n) is 22.4. The summed E-state index contributed by atoms with van der Waals surface area (Å²) in [6, 6.07) is 12.8. The van der Waals surface area contributed by atoms with Gasteiger partial charge in [-0.15, -0.1) is 0 Å². The van der Waals surface area contributed by atoms with Crippen LogP contribution in [0, 0.1) is 0 Å². The third kappa shape index (κ3) is 5.13. The van der Waals surface area contributed by atoms with Gasteiger partial charge >= 0.3 is 5.97 Å². The normalized spacial score (nSPS) is 19.0. The number of rotatable bonds is 8. The number of carbonyl (C=O) groups is 1. The first-order chi connectivity index (χ1) is 19.1. The number of nitrogens with one attached hydrogen (secondary N) is 5. The first kappa shape index (κ1) is 25.5. The third-order valence-electron chi connectivity index (χ3n) is 7.78. The van der Waals surface area contributed by atoms with Crippen molar-refractivity contribution < 1.29 is 9.53 Å². The summed E-state index contributed by atoms with van der Waals surface area (Å²) in [5.41, 5.74) is 7.24. The van der Waals surface area contributed by atoms with Crippen molar-refractivity contribution in [2.45, 2.75) is 44.3 Å². The molecule has 2 unspecified atom stereocenters. The summed E-state index contributed by atoms with van der Waals surface area (Å²) in [7, 11) is 3.35. The zero-order valence-corrected chi connectivity index (χ0v) is 22.4. The van der Waals surface area contributed by atoms with E-state index in [9.17, 15) is 4.79 Å². The molecular weight excluding hydrogens is 490 g/mol. The highest BCUT2D eigenvalue weighted by atomic mass is 16.5. The number of hydrogen-bond acceptors (Lipinski definition) is 7. The van der Waals surface area contributed by atoms with Crippen molar-refractivity contribution in [2.75, 3.05) is 27.2 Å². The van der Waals surface area contributed by atoms with Crippen LogP contribution < -0.4 is 16.0 Å². The van der Waals surface area contributed by atoms with Crippen molar-refractivity contribution in [3.05, 3.63) is 71.6 Å². The minimum Gasteiger partial charge on any atom is -0.465 e. The first-order valence-corrected chi connectivity index (χ1v) is 13.7. The average molecular weight is 526 g/mol. The number of hydrogen-bond donors (Lipinski definition) is 5. The molecule has 5 N–H and O–H groups in total. The molecule has 9 heteroatoms. The van der Waals surface area contributed by atoms with E-state index in [2.05, 4.69) is 54.1 Å². The SMILES string of the molecule is CNCc1cc(-c2cnc(C3CCCN3)[nH]2)ccc1-c1ccc(-c2cnc(C3CCCN3)[nH]2)cc1C(=O)OC. The number of nitrogens with zero attached hydrogens (tertiary/aromatic N) is 2. The van der Waals surface area contributed by atoms with Gasteiger partial charge in [0.1, 0.15) is 11.6 Å². The second-order valence-corrected chi connectivity index (χ2v) is 10.3. The van der Waals surface area contributed by atoms with Crippen molar-refractivity contribution in [3.63, 3.8) is 0 Å². The number of aromatic amines is 2. The molecule has 2 saturated heterocycles.